The lowest BCUT2D eigenvalue weighted by Crippen LogP contribution is -1.95. The van der Waals surface area contributed by atoms with Gasteiger partial charge in [0.2, 0.25) is 0 Å². The van der Waals surface area contributed by atoms with Crippen molar-refractivity contribution in [3.8, 4) is 6.07 Å². The molecule has 26 heavy (non-hydrogen) atoms. The number of nitrogens with zero attached hydrogens (tertiary/aromatic N) is 1. The molecule has 0 aliphatic rings. The summed E-state index contributed by atoms with van der Waals surface area (Å²) >= 11 is 7.32. The Bertz CT molecular complexity index is 999. The summed E-state index contributed by atoms with van der Waals surface area (Å²) in [6.07, 6.45) is 1.63. The summed E-state index contributed by atoms with van der Waals surface area (Å²) in [6, 6.07) is 19.3. The van der Waals surface area contributed by atoms with Crippen LogP contribution in [-0.2, 0) is 0 Å². The Morgan fingerprint density at radius 1 is 1.04 bits per heavy atom. The predicted octanol–water partition coefficient (Wildman–Crippen LogP) is 5.85. The molecule has 0 aliphatic carbocycles. The van der Waals surface area contributed by atoms with Gasteiger partial charge in [0.25, 0.3) is 0 Å². The second-order valence-corrected chi connectivity index (χ2v) is 6.78. The largest absolute Gasteiger partial charge is 0.478 e. The summed E-state index contributed by atoms with van der Waals surface area (Å²) in [7, 11) is 0. The smallest absolute Gasteiger partial charge is 0.335 e. The number of benzene rings is 2. The van der Waals surface area contributed by atoms with E-state index in [-0.39, 0.29) is 5.56 Å². The number of furan rings is 1. The van der Waals surface area contributed by atoms with Crippen molar-refractivity contribution >= 4 is 41.0 Å². The Kier molecular flexibility index (Phi) is 5.47. The fourth-order valence-electron chi connectivity index (χ4n) is 2.20. The van der Waals surface area contributed by atoms with Gasteiger partial charge in [-0.3, -0.25) is 0 Å². The fraction of sp³-hybridized carbons (Fsp3) is 0. The van der Waals surface area contributed by atoms with Gasteiger partial charge in [0.15, 0.2) is 5.09 Å². The molecule has 0 unspecified atom stereocenters. The van der Waals surface area contributed by atoms with E-state index in [1.54, 1.807) is 24.3 Å². The molecule has 3 aromatic rings. The second-order valence-electron chi connectivity index (χ2n) is 5.27. The second kappa shape index (κ2) is 7.96. The van der Waals surface area contributed by atoms with Crippen molar-refractivity contribution in [2.75, 3.05) is 0 Å². The minimum atomic E-state index is -1.01. The first-order valence-electron chi connectivity index (χ1n) is 7.54. The topological polar surface area (TPSA) is 74.2 Å². The average Bonchev–Trinajstić information content (AvgIpc) is 3.09. The molecule has 1 heterocycles. The fourth-order valence-corrected chi connectivity index (χ4v) is 3.10. The maximum absolute atomic E-state index is 10.9. The monoisotopic (exact) mass is 381 g/mol. The highest BCUT2D eigenvalue weighted by Crippen LogP contribution is 2.31. The molecular weight excluding hydrogens is 370 g/mol. The van der Waals surface area contributed by atoms with Crippen LogP contribution in [0.2, 0.25) is 5.02 Å². The summed E-state index contributed by atoms with van der Waals surface area (Å²) in [5, 5.41) is 19.7. The molecular formula is C20H12ClNO3S. The molecule has 0 saturated carbocycles. The number of carbonyl (C=O) groups is 1. The molecule has 0 spiro atoms. The van der Waals surface area contributed by atoms with Crippen molar-refractivity contribution in [1.82, 2.24) is 0 Å². The number of allylic oxidation sites excluding steroid dienone is 1. The van der Waals surface area contributed by atoms with Crippen LogP contribution in [0.4, 0.5) is 0 Å². The van der Waals surface area contributed by atoms with E-state index >= 15 is 0 Å². The molecule has 6 heteroatoms. The maximum atomic E-state index is 10.9. The number of aromatic carboxylic acids is 1. The van der Waals surface area contributed by atoms with Crippen LogP contribution < -0.4 is 0 Å². The van der Waals surface area contributed by atoms with Crippen LogP contribution in [0.25, 0.3) is 11.6 Å². The van der Waals surface area contributed by atoms with E-state index in [2.05, 4.69) is 6.07 Å². The van der Waals surface area contributed by atoms with Crippen LogP contribution in [0.3, 0.4) is 0 Å². The summed E-state index contributed by atoms with van der Waals surface area (Å²) in [5.74, 6) is -0.464. The molecule has 3 rings (SSSR count). The lowest BCUT2D eigenvalue weighted by molar-refractivity contribution is 0.0697. The molecule has 0 atom stereocenters. The highest BCUT2D eigenvalue weighted by molar-refractivity contribution is 7.99. The molecule has 0 fully saturated rings. The summed E-state index contributed by atoms with van der Waals surface area (Å²) in [4.78, 5) is 11.9. The van der Waals surface area contributed by atoms with E-state index in [4.69, 9.17) is 21.1 Å². The van der Waals surface area contributed by atoms with Crippen molar-refractivity contribution < 1.29 is 14.3 Å². The van der Waals surface area contributed by atoms with Gasteiger partial charge >= 0.3 is 5.97 Å². The maximum Gasteiger partial charge on any atom is 0.335 e. The SMILES string of the molecule is N#C/C(=C/c1ccc(Sc2ccc(Cl)cc2)o1)c1ccc(C(=O)O)cc1. The average molecular weight is 382 g/mol. The minimum Gasteiger partial charge on any atom is -0.478 e. The van der Waals surface area contributed by atoms with Gasteiger partial charge in [-0.25, -0.2) is 4.79 Å². The van der Waals surface area contributed by atoms with Crippen molar-refractivity contribution in [3.63, 3.8) is 0 Å². The number of hydrogen-bond donors (Lipinski definition) is 1. The summed E-state index contributed by atoms with van der Waals surface area (Å²) in [6.45, 7) is 0. The van der Waals surface area contributed by atoms with Gasteiger partial charge in [0, 0.05) is 9.92 Å². The van der Waals surface area contributed by atoms with Crippen molar-refractivity contribution in [1.29, 1.82) is 5.26 Å². The Labute approximate surface area is 159 Å². The Morgan fingerprint density at radius 3 is 2.31 bits per heavy atom. The molecule has 0 aliphatic heterocycles. The minimum absolute atomic E-state index is 0.172. The van der Waals surface area contributed by atoms with Crippen LogP contribution >= 0.6 is 23.4 Å². The third-order valence-electron chi connectivity index (χ3n) is 3.48. The van der Waals surface area contributed by atoms with E-state index < -0.39 is 5.97 Å². The van der Waals surface area contributed by atoms with Gasteiger partial charge in [-0.05, 0) is 60.2 Å². The van der Waals surface area contributed by atoms with Crippen LogP contribution in [0.5, 0.6) is 0 Å². The first-order valence-corrected chi connectivity index (χ1v) is 8.73. The zero-order valence-electron chi connectivity index (χ0n) is 13.3. The van der Waals surface area contributed by atoms with E-state index in [1.807, 2.05) is 30.3 Å². The number of halogens is 1. The van der Waals surface area contributed by atoms with Crippen LogP contribution in [0.1, 0.15) is 21.7 Å². The number of rotatable bonds is 5. The van der Waals surface area contributed by atoms with Gasteiger partial charge in [0.05, 0.1) is 17.2 Å². The van der Waals surface area contributed by atoms with Crippen LogP contribution in [0, 0.1) is 11.3 Å². The molecule has 2 aromatic carbocycles. The summed E-state index contributed by atoms with van der Waals surface area (Å²) in [5.41, 5.74) is 1.19. The molecule has 0 radical (unpaired) electrons. The highest BCUT2D eigenvalue weighted by Gasteiger charge is 2.08. The number of hydrogen-bond acceptors (Lipinski definition) is 4. The normalized spacial score (nSPS) is 11.2. The lowest BCUT2D eigenvalue weighted by atomic mass is 10.0. The van der Waals surface area contributed by atoms with Crippen molar-refractivity contribution in [2.24, 2.45) is 0 Å². The van der Waals surface area contributed by atoms with Gasteiger partial charge in [-0.2, -0.15) is 5.26 Å². The zero-order valence-corrected chi connectivity index (χ0v) is 14.9. The quantitative estimate of drug-likeness (QED) is 0.561. The predicted molar refractivity (Wildman–Crippen MR) is 101 cm³/mol. The van der Waals surface area contributed by atoms with Crippen molar-refractivity contribution in [2.45, 2.75) is 9.99 Å². The van der Waals surface area contributed by atoms with Gasteiger partial charge in [-0.15, -0.1) is 0 Å². The number of nitriles is 1. The van der Waals surface area contributed by atoms with E-state index in [0.29, 0.717) is 27.0 Å². The van der Waals surface area contributed by atoms with E-state index in [9.17, 15) is 10.1 Å². The first kappa shape index (κ1) is 17.9. The van der Waals surface area contributed by atoms with Crippen molar-refractivity contribution in [3.05, 3.63) is 82.6 Å². The molecule has 4 nitrogen and oxygen atoms in total. The van der Waals surface area contributed by atoms with E-state index in [1.165, 1.54) is 23.9 Å². The van der Waals surface area contributed by atoms with Crippen LogP contribution in [0.15, 0.2) is 75.1 Å². The Hall–Kier alpha value is -2.94. The molecule has 128 valence electrons. The zero-order chi connectivity index (χ0) is 18.5. The highest BCUT2D eigenvalue weighted by atomic mass is 35.5. The van der Waals surface area contributed by atoms with Gasteiger partial charge < -0.3 is 9.52 Å². The third kappa shape index (κ3) is 4.37. The van der Waals surface area contributed by atoms with Gasteiger partial charge in [0.1, 0.15) is 5.76 Å². The molecule has 1 N–H and O–H groups in total. The molecule has 0 saturated heterocycles. The standard InChI is InChI=1S/C20H12ClNO3S/c21-16-5-8-18(9-6-16)26-19-10-7-17(25-19)11-15(12-22)13-1-3-14(4-2-13)20(23)24/h1-11H,(H,23,24)/b15-11-. The number of carboxylic acid groups (broad SMARTS) is 1. The third-order valence-corrected chi connectivity index (χ3v) is 4.66. The molecule has 0 amide bonds. The Morgan fingerprint density at radius 2 is 1.69 bits per heavy atom. The summed E-state index contributed by atoms with van der Waals surface area (Å²) < 4.78 is 5.74. The number of carboxylic acids is 1. The van der Waals surface area contributed by atoms with E-state index in [0.717, 1.165) is 4.90 Å². The molecule has 0 bridgehead atoms. The Balaban J connectivity index is 1.79. The van der Waals surface area contributed by atoms with Crippen LogP contribution in [-0.4, -0.2) is 11.1 Å². The molecule has 1 aromatic heterocycles. The first-order chi connectivity index (χ1) is 12.5. The lowest BCUT2D eigenvalue weighted by Gasteiger charge is -2.00. The van der Waals surface area contributed by atoms with Gasteiger partial charge in [-0.1, -0.05) is 35.5 Å².